The van der Waals surface area contributed by atoms with E-state index < -0.39 is 12.1 Å². The molecule has 1 heterocycles. The number of rotatable bonds is 7. The summed E-state index contributed by atoms with van der Waals surface area (Å²) in [5, 5.41) is 0. The molecule has 1 aliphatic rings. The predicted octanol–water partition coefficient (Wildman–Crippen LogP) is 4.99. The Bertz CT molecular complexity index is 781. The molecule has 0 aromatic heterocycles. The number of carbonyl (C=O) groups is 2. The molecule has 3 rings (SSSR count). The number of carbonyl (C=O) groups excluding carboxylic acids is 2. The molecule has 1 aliphatic heterocycles. The van der Waals surface area contributed by atoms with Gasteiger partial charge in [-0.05, 0) is 55.8 Å². The Morgan fingerprint density at radius 2 is 1.59 bits per heavy atom. The molecule has 142 valence electrons. The van der Waals surface area contributed by atoms with Crippen LogP contribution in [0, 0.1) is 0 Å². The molecule has 0 amide bonds. The van der Waals surface area contributed by atoms with Gasteiger partial charge in [0.25, 0.3) is 0 Å². The first kappa shape index (κ1) is 19.8. The van der Waals surface area contributed by atoms with Crippen LogP contribution in [0.3, 0.4) is 0 Å². The van der Waals surface area contributed by atoms with Crippen molar-refractivity contribution in [2.45, 2.75) is 24.5 Å². The first-order valence-electron chi connectivity index (χ1n) is 8.89. The SMILES string of the molecule is CCOc1ccc(C(=O)[C@@H](C)OC(=O)c2ccc(C3SCCS3)cc2)cc1. The summed E-state index contributed by atoms with van der Waals surface area (Å²) in [4.78, 5) is 24.8. The van der Waals surface area contributed by atoms with Gasteiger partial charge in [-0.1, -0.05) is 12.1 Å². The zero-order valence-electron chi connectivity index (χ0n) is 15.3. The molecule has 4 nitrogen and oxygen atoms in total. The van der Waals surface area contributed by atoms with Crippen LogP contribution in [0.2, 0.25) is 0 Å². The summed E-state index contributed by atoms with van der Waals surface area (Å²) in [6.45, 7) is 4.06. The van der Waals surface area contributed by atoms with Gasteiger partial charge in [-0.25, -0.2) is 4.79 Å². The van der Waals surface area contributed by atoms with Crippen LogP contribution in [-0.4, -0.2) is 36.0 Å². The van der Waals surface area contributed by atoms with Crippen molar-refractivity contribution in [1.82, 2.24) is 0 Å². The van der Waals surface area contributed by atoms with Gasteiger partial charge in [0.05, 0.1) is 16.8 Å². The van der Waals surface area contributed by atoms with Gasteiger partial charge in [-0.2, -0.15) is 0 Å². The number of benzene rings is 2. The second-order valence-corrected chi connectivity index (χ2v) is 8.79. The van der Waals surface area contributed by atoms with Crippen molar-refractivity contribution >= 4 is 35.3 Å². The highest BCUT2D eigenvalue weighted by Gasteiger charge is 2.22. The van der Waals surface area contributed by atoms with Gasteiger partial charge in [0.15, 0.2) is 6.10 Å². The van der Waals surface area contributed by atoms with Crippen LogP contribution < -0.4 is 4.74 Å². The molecule has 2 aromatic rings. The standard InChI is InChI=1S/C21H22O4S2/c1-3-24-18-10-8-15(9-11-18)19(22)14(2)25-20(23)16-4-6-17(7-5-16)21-26-12-13-27-21/h4-11,14,21H,3,12-13H2,1-2H3/t14-/m1/s1. The van der Waals surface area contributed by atoms with Crippen LogP contribution in [0.1, 0.15) is 44.7 Å². The fraction of sp³-hybridized carbons (Fsp3) is 0.333. The molecule has 0 aliphatic carbocycles. The molecule has 2 aromatic carbocycles. The average molecular weight is 403 g/mol. The number of hydrogen-bond donors (Lipinski definition) is 0. The van der Waals surface area contributed by atoms with E-state index in [1.54, 1.807) is 43.3 Å². The molecule has 0 spiro atoms. The number of thioether (sulfide) groups is 2. The second-order valence-electron chi connectivity index (χ2n) is 6.06. The Labute approximate surface area is 168 Å². The maximum atomic E-state index is 12.5. The van der Waals surface area contributed by atoms with Crippen molar-refractivity contribution in [3.63, 3.8) is 0 Å². The fourth-order valence-corrected chi connectivity index (χ4v) is 5.59. The lowest BCUT2D eigenvalue weighted by atomic mass is 10.1. The number of ketones is 1. The van der Waals surface area contributed by atoms with Gasteiger partial charge in [0, 0.05) is 17.1 Å². The maximum absolute atomic E-state index is 12.5. The van der Waals surface area contributed by atoms with E-state index in [0.717, 1.165) is 11.5 Å². The molecule has 1 fully saturated rings. The van der Waals surface area contributed by atoms with E-state index in [1.165, 1.54) is 5.56 Å². The van der Waals surface area contributed by atoms with Gasteiger partial charge in [-0.15, -0.1) is 23.5 Å². The fourth-order valence-electron chi connectivity index (χ4n) is 2.73. The lowest BCUT2D eigenvalue weighted by Gasteiger charge is -2.13. The van der Waals surface area contributed by atoms with E-state index in [4.69, 9.17) is 9.47 Å². The van der Waals surface area contributed by atoms with Gasteiger partial charge in [0.1, 0.15) is 5.75 Å². The highest BCUT2D eigenvalue weighted by Crippen LogP contribution is 2.45. The van der Waals surface area contributed by atoms with Crippen molar-refractivity contribution in [2.24, 2.45) is 0 Å². The van der Waals surface area contributed by atoms with Crippen LogP contribution in [0.5, 0.6) is 5.75 Å². The normalized spacial score (nSPS) is 15.3. The molecule has 0 N–H and O–H groups in total. The van der Waals surface area contributed by atoms with Crippen molar-refractivity contribution < 1.29 is 19.1 Å². The average Bonchev–Trinajstić information content (AvgIpc) is 3.23. The zero-order valence-corrected chi connectivity index (χ0v) is 17.0. The molecular weight excluding hydrogens is 380 g/mol. The Balaban J connectivity index is 1.59. The highest BCUT2D eigenvalue weighted by atomic mass is 32.2. The van der Waals surface area contributed by atoms with Crippen molar-refractivity contribution in [1.29, 1.82) is 0 Å². The van der Waals surface area contributed by atoms with Crippen LogP contribution in [0.25, 0.3) is 0 Å². The number of esters is 1. The van der Waals surface area contributed by atoms with Crippen molar-refractivity contribution in [2.75, 3.05) is 18.1 Å². The minimum absolute atomic E-state index is 0.234. The molecular formula is C21H22O4S2. The molecule has 6 heteroatoms. The number of ether oxygens (including phenoxy) is 2. The van der Waals surface area contributed by atoms with Gasteiger partial charge in [0.2, 0.25) is 5.78 Å². The van der Waals surface area contributed by atoms with E-state index in [0.29, 0.717) is 28.1 Å². The number of hydrogen-bond acceptors (Lipinski definition) is 6. The third-order valence-electron chi connectivity index (χ3n) is 4.14. The minimum atomic E-state index is -0.851. The zero-order chi connectivity index (χ0) is 19.2. The lowest BCUT2D eigenvalue weighted by molar-refractivity contribution is 0.0319. The predicted molar refractivity (Wildman–Crippen MR) is 111 cm³/mol. The first-order chi connectivity index (χ1) is 13.1. The van der Waals surface area contributed by atoms with Crippen molar-refractivity contribution in [3.8, 4) is 5.75 Å². The van der Waals surface area contributed by atoms with Crippen LogP contribution in [0.15, 0.2) is 48.5 Å². The van der Waals surface area contributed by atoms with E-state index in [9.17, 15) is 9.59 Å². The summed E-state index contributed by atoms with van der Waals surface area (Å²) < 4.78 is 11.2. The first-order valence-corrected chi connectivity index (χ1v) is 11.0. The second kappa shape index (κ2) is 9.33. The maximum Gasteiger partial charge on any atom is 0.338 e. The summed E-state index contributed by atoms with van der Waals surface area (Å²) in [6, 6.07) is 14.3. The Morgan fingerprint density at radius 3 is 2.19 bits per heavy atom. The van der Waals surface area contributed by atoms with E-state index in [-0.39, 0.29) is 5.78 Å². The van der Waals surface area contributed by atoms with Crippen molar-refractivity contribution in [3.05, 3.63) is 65.2 Å². The summed E-state index contributed by atoms with van der Waals surface area (Å²) in [5.74, 6) is 2.30. The Hall–Kier alpha value is -1.92. The molecule has 0 bridgehead atoms. The smallest absolute Gasteiger partial charge is 0.338 e. The lowest BCUT2D eigenvalue weighted by Crippen LogP contribution is -2.24. The summed E-state index contributed by atoms with van der Waals surface area (Å²) >= 11 is 3.84. The monoisotopic (exact) mass is 402 g/mol. The minimum Gasteiger partial charge on any atom is -0.494 e. The molecule has 0 saturated carbocycles. The van der Waals surface area contributed by atoms with E-state index >= 15 is 0 Å². The van der Waals surface area contributed by atoms with Crippen LogP contribution in [-0.2, 0) is 4.74 Å². The quantitative estimate of drug-likeness (QED) is 0.480. The molecule has 1 saturated heterocycles. The molecule has 27 heavy (non-hydrogen) atoms. The Kier molecular flexibility index (Phi) is 6.85. The summed E-state index contributed by atoms with van der Waals surface area (Å²) in [6.07, 6.45) is -0.851. The molecule has 0 radical (unpaired) electrons. The highest BCUT2D eigenvalue weighted by molar-refractivity contribution is 8.19. The van der Waals surface area contributed by atoms with Gasteiger partial charge < -0.3 is 9.47 Å². The Morgan fingerprint density at radius 1 is 1.00 bits per heavy atom. The van der Waals surface area contributed by atoms with Crippen LogP contribution in [0.4, 0.5) is 0 Å². The van der Waals surface area contributed by atoms with Gasteiger partial charge >= 0.3 is 5.97 Å². The number of Topliss-reactive ketones (excluding diaryl/α,β-unsaturated/α-hetero) is 1. The largest absolute Gasteiger partial charge is 0.494 e. The summed E-state index contributed by atoms with van der Waals surface area (Å²) in [5.41, 5.74) is 2.15. The van der Waals surface area contributed by atoms with E-state index in [1.807, 2.05) is 42.6 Å². The summed E-state index contributed by atoms with van der Waals surface area (Å²) in [7, 11) is 0. The van der Waals surface area contributed by atoms with Crippen LogP contribution >= 0.6 is 23.5 Å². The molecule has 1 atom stereocenters. The third kappa shape index (κ3) is 5.08. The third-order valence-corrected chi connectivity index (χ3v) is 7.25. The molecule has 0 unspecified atom stereocenters. The topological polar surface area (TPSA) is 52.6 Å². The van der Waals surface area contributed by atoms with E-state index in [2.05, 4.69) is 0 Å². The van der Waals surface area contributed by atoms with Gasteiger partial charge in [-0.3, -0.25) is 4.79 Å².